The molecule has 11 nitrogen and oxygen atoms in total. The number of amides is 3. The van der Waals surface area contributed by atoms with Crippen molar-refractivity contribution in [2.45, 2.75) is 43.9 Å². The zero-order valence-electron chi connectivity index (χ0n) is 27.7. The summed E-state index contributed by atoms with van der Waals surface area (Å²) in [5, 5.41) is 12.8. The molecule has 2 heterocycles. The molecule has 268 valence electrons. The van der Waals surface area contributed by atoms with Crippen LogP contribution in [0.4, 0.5) is 29.3 Å². The first-order valence-corrected chi connectivity index (χ1v) is 16.5. The van der Waals surface area contributed by atoms with Gasteiger partial charge in [-0.25, -0.2) is 14.6 Å². The molecule has 3 amide bonds. The monoisotopic (exact) mass is 713 g/mol. The van der Waals surface area contributed by atoms with Crippen LogP contribution in [0, 0.1) is 0 Å². The van der Waals surface area contributed by atoms with Gasteiger partial charge in [0.25, 0.3) is 5.91 Å². The highest BCUT2D eigenvalue weighted by Gasteiger charge is 2.38. The van der Waals surface area contributed by atoms with Crippen molar-refractivity contribution < 1.29 is 42.2 Å². The molecule has 0 saturated heterocycles. The Kier molecular flexibility index (Phi) is 10.4. The van der Waals surface area contributed by atoms with E-state index in [1.54, 1.807) is 11.0 Å². The number of aliphatic imine (C=N–C) groups is 1. The van der Waals surface area contributed by atoms with Crippen LogP contribution >= 0.6 is 0 Å². The number of nitrogens with zero attached hydrogens (tertiary/aromatic N) is 2. The third-order valence-electron chi connectivity index (χ3n) is 8.94. The Morgan fingerprint density at radius 1 is 0.904 bits per heavy atom. The minimum absolute atomic E-state index is 0.0137. The van der Waals surface area contributed by atoms with Crippen LogP contribution in [-0.4, -0.2) is 65.1 Å². The summed E-state index contributed by atoms with van der Waals surface area (Å²) in [6.45, 7) is 1.08. The second-order valence-corrected chi connectivity index (χ2v) is 12.4. The second-order valence-electron chi connectivity index (χ2n) is 12.4. The average Bonchev–Trinajstić information content (AvgIpc) is 3.60. The van der Waals surface area contributed by atoms with E-state index in [4.69, 9.17) is 25.4 Å². The number of alkyl carbamates (subject to hydrolysis) is 1. The van der Waals surface area contributed by atoms with E-state index in [0.717, 1.165) is 16.8 Å². The predicted molar refractivity (Wildman–Crippen MR) is 186 cm³/mol. The van der Waals surface area contributed by atoms with Gasteiger partial charge in [-0.15, -0.1) is 0 Å². The zero-order valence-corrected chi connectivity index (χ0v) is 27.7. The van der Waals surface area contributed by atoms with Gasteiger partial charge in [0.15, 0.2) is 0 Å². The van der Waals surface area contributed by atoms with Crippen molar-refractivity contribution in [1.82, 2.24) is 10.2 Å². The quantitative estimate of drug-likeness (QED) is 0.147. The number of ether oxygens (including phenoxy) is 1. The maximum Gasteiger partial charge on any atom is 0.490 e. The van der Waals surface area contributed by atoms with E-state index in [1.807, 2.05) is 60.7 Å². The molecule has 0 bridgehead atoms. The van der Waals surface area contributed by atoms with E-state index in [-0.39, 0.29) is 24.3 Å². The van der Waals surface area contributed by atoms with E-state index in [2.05, 4.69) is 34.9 Å². The number of rotatable bonds is 9. The number of amidine groups is 1. The Balaban J connectivity index is 0.000000604. The Bertz CT molecular complexity index is 2020. The second kappa shape index (κ2) is 15.1. The molecule has 0 fully saturated rings. The first-order chi connectivity index (χ1) is 24.9. The Hall–Kier alpha value is -6.02. The van der Waals surface area contributed by atoms with Crippen LogP contribution in [0.25, 0.3) is 11.1 Å². The first kappa shape index (κ1) is 35.8. The van der Waals surface area contributed by atoms with Crippen LogP contribution in [-0.2, 0) is 20.9 Å². The maximum atomic E-state index is 12.9. The molecule has 1 atom stereocenters. The number of carboxylic acid groups (broad SMARTS) is 1. The normalized spacial score (nSPS) is 14.3. The molecule has 3 aliphatic rings. The summed E-state index contributed by atoms with van der Waals surface area (Å²) in [5.41, 5.74) is 14.6. The maximum absolute atomic E-state index is 12.9. The highest BCUT2D eigenvalue weighted by Crippen LogP contribution is 2.44. The van der Waals surface area contributed by atoms with Crippen LogP contribution in [0.1, 0.15) is 57.8 Å². The molecular weight excluding hydrogens is 679 g/mol. The number of carbonyl (C=O) groups is 4. The van der Waals surface area contributed by atoms with Gasteiger partial charge in [-0.3, -0.25) is 14.5 Å². The standard InChI is InChI=1S/C36H33N5O4.C2HF3O2/c37-31(15-7-8-18-38-36(44)45-21-30-26-11-3-1-9-24(26)25-10-2-4-12-27(25)30)34(42)39-23-16-17-32-22(19-23)20-41-33(40-32)28-13-5-6-14-29(28)35(41)43;3-2(4,5)1(6)7/h1-6,9-14,16-17,19,30-31H,7-8,15,18,20-21,37H2,(H,38,44)(H,39,42);(H,6,7)/t31-;/m0./s1. The van der Waals surface area contributed by atoms with Crippen molar-refractivity contribution in [3.8, 4) is 11.1 Å². The molecule has 0 spiro atoms. The fourth-order valence-electron chi connectivity index (χ4n) is 6.40. The molecular formula is C38H34F3N5O6. The minimum atomic E-state index is -5.08. The van der Waals surface area contributed by atoms with Crippen molar-refractivity contribution >= 4 is 41.1 Å². The Morgan fingerprint density at radius 3 is 2.13 bits per heavy atom. The largest absolute Gasteiger partial charge is 0.490 e. The number of nitrogens with two attached hydrogens (primary N) is 1. The number of nitrogens with one attached hydrogen (secondary N) is 2. The van der Waals surface area contributed by atoms with Crippen LogP contribution in [0.5, 0.6) is 0 Å². The van der Waals surface area contributed by atoms with Gasteiger partial charge in [0.1, 0.15) is 12.4 Å². The molecule has 7 rings (SSSR count). The van der Waals surface area contributed by atoms with Gasteiger partial charge < -0.3 is 26.2 Å². The number of hydrogen-bond donors (Lipinski definition) is 4. The third-order valence-corrected chi connectivity index (χ3v) is 8.94. The summed E-state index contributed by atoms with van der Waals surface area (Å²) in [5.74, 6) is -2.44. The molecule has 5 N–H and O–H groups in total. The van der Waals surface area contributed by atoms with Gasteiger partial charge in [0, 0.05) is 23.7 Å². The molecule has 1 aliphatic carbocycles. The smallest absolute Gasteiger partial charge is 0.475 e. The van der Waals surface area contributed by atoms with Crippen LogP contribution < -0.4 is 16.4 Å². The summed E-state index contributed by atoms with van der Waals surface area (Å²) >= 11 is 0. The van der Waals surface area contributed by atoms with Crippen LogP contribution in [0.3, 0.4) is 0 Å². The van der Waals surface area contributed by atoms with Crippen molar-refractivity contribution in [2.24, 2.45) is 10.7 Å². The molecule has 52 heavy (non-hydrogen) atoms. The number of alkyl halides is 3. The highest BCUT2D eigenvalue weighted by atomic mass is 19.4. The SMILES string of the molecule is N[C@@H](CCCCNC(=O)OCC1c2ccccc2-c2ccccc21)C(=O)Nc1ccc2c(c1)CN1C(=O)c3ccccc3C1=N2.O=C(O)C(F)(F)F. The van der Waals surface area contributed by atoms with Crippen molar-refractivity contribution in [3.63, 3.8) is 0 Å². The molecule has 14 heteroatoms. The van der Waals surface area contributed by atoms with Gasteiger partial charge in [0.05, 0.1) is 23.8 Å². The summed E-state index contributed by atoms with van der Waals surface area (Å²) < 4.78 is 37.3. The van der Waals surface area contributed by atoms with Crippen molar-refractivity contribution in [1.29, 1.82) is 0 Å². The van der Waals surface area contributed by atoms with Gasteiger partial charge in [-0.05, 0) is 71.3 Å². The Labute approximate surface area is 296 Å². The highest BCUT2D eigenvalue weighted by molar-refractivity contribution is 6.24. The number of carboxylic acids is 1. The minimum Gasteiger partial charge on any atom is -0.475 e. The van der Waals surface area contributed by atoms with Gasteiger partial charge >= 0.3 is 18.2 Å². The number of fused-ring (bicyclic) bond motifs is 7. The Morgan fingerprint density at radius 2 is 1.50 bits per heavy atom. The van der Waals surface area contributed by atoms with Crippen LogP contribution in [0.15, 0.2) is 96.0 Å². The topological polar surface area (TPSA) is 163 Å². The predicted octanol–water partition coefficient (Wildman–Crippen LogP) is 6.34. The molecule has 0 radical (unpaired) electrons. The number of hydrogen-bond acceptors (Lipinski definition) is 7. The van der Waals surface area contributed by atoms with Crippen LogP contribution in [0.2, 0.25) is 0 Å². The van der Waals surface area contributed by atoms with E-state index in [9.17, 15) is 27.6 Å². The van der Waals surface area contributed by atoms with E-state index < -0.39 is 24.3 Å². The van der Waals surface area contributed by atoms with Gasteiger partial charge in [-0.2, -0.15) is 13.2 Å². The molecule has 2 aliphatic heterocycles. The molecule has 0 saturated carbocycles. The number of halogens is 3. The van der Waals surface area contributed by atoms with Crippen molar-refractivity contribution in [3.05, 3.63) is 119 Å². The zero-order chi connectivity index (χ0) is 37.0. The summed E-state index contributed by atoms with van der Waals surface area (Å²) in [4.78, 5) is 53.4. The molecule has 0 aromatic heterocycles. The van der Waals surface area contributed by atoms with E-state index in [1.165, 1.54) is 22.3 Å². The number of carbonyl (C=O) groups excluding carboxylic acids is 3. The number of unbranched alkanes of at least 4 members (excludes halogenated alkanes) is 1. The fourth-order valence-corrected chi connectivity index (χ4v) is 6.40. The lowest BCUT2D eigenvalue weighted by atomic mass is 9.98. The molecule has 4 aromatic rings. The fraction of sp³-hybridized carbons (Fsp3) is 0.237. The average molecular weight is 714 g/mol. The molecule has 0 unspecified atom stereocenters. The van der Waals surface area contributed by atoms with Crippen molar-refractivity contribution in [2.75, 3.05) is 18.5 Å². The summed E-state index contributed by atoms with van der Waals surface area (Å²) in [7, 11) is 0. The third kappa shape index (κ3) is 7.66. The van der Waals surface area contributed by atoms with E-state index >= 15 is 0 Å². The first-order valence-electron chi connectivity index (χ1n) is 16.5. The summed E-state index contributed by atoms with van der Waals surface area (Å²) in [6, 6.07) is 28.7. The lowest BCUT2D eigenvalue weighted by Gasteiger charge is -2.24. The number of benzene rings is 4. The number of anilines is 1. The lowest BCUT2D eigenvalue weighted by Crippen LogP contribution is -2.36. The molecule has 4 aromatic carbocycles. The summed E-state index contributed by atoms with van der Waals surface area (Å²) in [6.07, 6.45) is -3.74. The lowest BCUT2D eigenvalue weighted by molar-refractivity contribution is -0.192. The number of aliphatic carboxylic acids is 1. The van der Waals surface area contributed by atoms with Gasteiger partial charge in [0.2, 0.25) is 5.91 Å². The van der Waals surface area contributed by atoms with E-state index in [0.29, 0.717) is 49.4 Å². The van der Waals surface area contributed by atoms with Gasteiger partial charge in [-0.1, -0.05) is 66.7 Å².